The van der Waals surface area contributed by atoms with Gasteiger partial charge >= 0.3 is 11.9 Å². The zero-order chi connectivity index (χ0) is 12.9. The van der Waals surface area contributed by atoms with E-state index in [-0.39, 0.29) is 13.0 Å². The number of carboxylic acids is 1. The molecular formula is C10H18N2O4. The molecule has 0 fully saturated rings. The molecule has 0 bridgehead atoms. The first-order chi connectivity index (χ1) is 7.19. The molecule has 0 saturated heterocycles. The summed E-state index contributed by atoms with van der Waals surface area (Å²) in [7, 11) is 0. The van der Waals surface area contributed by atoms with E-state index in [0.29, 0.717) is 0 Å². The normalized spacial score (nSPS) is 13.0. The molecule has 0 amide bonds. The summed E-state index contributed by atoms with van der Waals surface area (Å²) in [6.07, 6.45) is 0.0490. The van der Waals surface area contributed by atoms with E-state index in [4.69, 9.17) is 21.0 Å². The number of nitrogens with two attached hydrogens (primary N) is 1. The molecule has 0 spiro atoms. The first-order valence-electron chi connectivity index (χ1n) is 4.93. The Balaban J connectivity index is 4.62. The van der Waals surface area contributed by atoms with Gasteiger partial charge in [-0.3, -0.25) is 10.2 Å². The summed E-state index contributed by atoms with van der Waals surface area (Å²) in [5, 5.41) is 16.3. The van der Waals surface area contributed by atoms with Gasteiger partial charge in [-0.05, 0) is 33.7 Å². The third-order valence-electron chi connectivity index (χ3n) is 1.72. The Hall–Kier alpha value is -1.43. The maximum atomic E-state index is 11.4. The van der Waals surface area contributed by atoms with E-state index in [9.17, 15) is 9.59 Å². The summed E-state index contributed by atoms with van der Waals surface area (Å²) >= 11 is 0. The van der Waals surface area contributed by atoms with Crippen LogP contribution in [-0.2, 0) is 14.3 Å². The van der Waals surface area contributed by atoms with E-state index in [0.717, 1.165) is 0 Å². The molecule has 6 nitrogen and oxygen atoms in total. The lowest BCUT2D eigenvalue weighted by molar-refractivity contribution is -0.148. The minimum absolute atomic E-state index is 0.0490. The van der Waals surface area contributed by atoms with Crippen LogP contribution in [0, 0.1) is 11.3 Å². The summed E-state index contributed by atoms with van der Waals surface area (Å²) in [5.41, 5.74) is 3.92. The molecule has 1 unspecified atom stereocenters. The van der Waals surface area contributed by atoms with E-state index >= 15 is 0 Å². The Labute approximate surface area is 94.3 Å². The Morgan fingerprint density at radius 1 is 1.44 bits per heavy atom. The van der Waals surface area contributed by atoms with Crippen LogP contribution in [0.1, 0.15) is 27.2 Å². The van der Waals surface area contributed by atoms with Crippen molar-refractivity contribution in [2.24, 2.45) is 11.7 Å². The third-order valence-corrected chi connectivity index (χ3v) is 1.72. The number of carbonyl (C=O) groups excluding carboxylic acids is 1. The maximum absolute atomic E-state index is 11.4. The number of aliphatic carboxylic acids is 1. The van der Waals surface area contributed by atoms with Gasteiger partial charge in [-0.25, -0.2) is 4.79 Å². The van der Waals surface area contributed by atoms with Crippen LogP contribution < -0.4 is 5.73 Å². The van der Waals surface area contributed by atoms with E-state index in [1.54, 1.807) is 20.8 Å². The van der Waals surface area contributed by atoms with Crippen LogP contribution >= 0.6 is 0 Å². The van der Waals surface area contributed by atoms with Gasteiger partial charge in [0.25, 0.3) is 0 Å². The van der Waals surface area contributed by atoms with Gasteiger partial charge in [0.05, 0.1) is 0 Å². The number of hydrogen-bond acceptors (Lipinski definition) is 5. The molecule has 92 valence electrons. The average molecular weight is 230 g/mol. The second-order valence-electron chi connectivity index (χ2n) is 4.38. The van der Waals surface area contributed by atoms with Crippen LogP contribution in [0.5, 0.6) is 0 Å². The number of nitrogens with one attached hydrogen (secondary N) is 1. The highest BCUT2D eigenvalue weighted by molar-refractivity contribution is 6.39. The van der Waals surface area contributed by atoms with Crippen LogP contribution in [0.3, 0.4) is 0 Å². The largest absolute Gasteiger partial charge is 0.481 e. The molecule has 0 rings (SSSR count). The van der Waals surface area contributed by atoms with E-state index in [2.05, 4.69) is 0 Å². The van der Waals surface area contributed by atoms with Crippen molar-refractivity contribution in [1.29, 1.82) is 5.41 Å². The smallest absolute Gasteiger partial charge is 0.353 e. The van der Waals surface area contributed by atoms with Crippen molar-refractivity contribution in [2.45, 2.75) is 32.8 Å². The molecule has 1 atom stereocenters. The van der Waals surface area contributed by atoms with Crippen LogP contribution in [-0.4, -0.2) is 34.9 Å². The van der Waals surface area contributed by atoms with Gasteiger partial charge in [0.2, 0.25) is 0 Å². The lowest BCUT2D eigenvalue weighted by Gasteiger charge is -2.21. The molecule has 16 heavy (non-hydrogen) atoms. The minimum Gasteiger partial charge on any atom is -0.481 e. The van der Waals surface area contributed by atoms with Gasteiger partial charge in [-0.15, -0.1) is 0 Å². The number of carbonyl (C=O) groups is 2. The van der Waals surface area contributed by atoms with Crippen LogP contribution in [0.2, 0.25) is 0 Å². The zero-order valence-corrected chi connectivity index (χ0v) is 9.74. The topological polar surface area (TPSA) is 113 Å². The number of carboxylic acid groups (broad SMARTS) is 1. The van der Waals surface area contributed by atoms with Gasteiger partial charge in [0, 0.05) is 0 Å². The molecule has 0 aliphatic heterocycles. The summed E-state index contributed by atoms with van der Waals surface area (Å²) < 4.78 is 4.91. The fourth-order valence-corrected chi connectivity index (χ4v) is 1.03. The van der Waals surface area contributed by atoms with Crippen molar-refractivity contribution in [1.82, 2.24) is 0 Å². The van der Waals surface area contributed by atoms with E-state index in [1.807, 2.05) is 0 Å². The Morgan fingerprint density at radius 2 is 1.94 bits per heavy atom. The number of ether oxygens (including phenoxy) is 1. The summed E-state index contributed by atoms with van der Waals surface area (Å²) in [6, 6.07) is 0. The number of hydrogen-bond donors (Lipinski definition) is 3. The van der Waals surface area contributed by atoms with Crippen molar-refractivity contribution < 1.29 is 19.4 Å². The highest BCUT2D eigenvalue weighted by atomic mass is 16.6. The third kappa shape index (κ3) is 4.88. The molecule has 0 heterocycles. The lowest BCUT2D eigenvalue weighted by atomic mass is 9.99. The first kappa shape index (κ1) is 14.6. The highest BCUT2D eigenvalue weighted by Gasteiger charge is 2.30. The molecule has 0 aliphatic rings. The molecule has 0 aromatic carbocycles. The number of rotatable bonds is 5. The number of esters is 1. The van der Waals surface area contributed by atoms with E-state index < -0.39 is 29.2 Å². The Morgan fingerprint density at radius 3 is 2.25 bits per heavy atom. The summed E-state index contributed by atoms with van der Waals surface area (Å²) in [4.78, 5) is 22.2. The Kier molecular flexibility index (Phi) is 5.10. The Bertz CT molecular complexity index is 294. The standard InChI is InChI=1S/C10H18N2O4/c1-10(2,3)16-9(15)7(12)6(4-5-11)8(13)14/h6,12H,4-5,11H2,1-3H3,(H,13,14). The van der Waals surface area contributed by atoms with E-state index in [1.165, 1.54) is 0 Å². The highest BCUT2D eigenvalue weighted by Crippen LogP contribution is 2.12. The van der Waals surface area contributed by atoms with Gasteiger partial charge in [0.1, 0.15) is 17.2 Å². The van der Waals surface area contributed by atoms with Gasteiger partial charge in [-0.2, -0.15) is 0 Å². The quantitative estimate of drug-likeness (QED) is 0.467. The second-order valence-corrected chi connectivity index (χ2v) is 4.38. The molecule has 0 aromatic heterocycles. The minimum atomic E-state index is -1.23. The molecule has 0 aromatic rings. The van der Waals surface area contributed by atoms with Gasteiger partial charge < -0.3 is 15.6 Å². The maximum Gasteiger partial charge on any atom is 0.353 e. The fraction of sp³-hybridized carbons (Fsp3) is 0.700. The SMILES string of the molecule is CC(C)(C)OC(=O)C(=N)C(CCN)C(=O)O. The van der Waals surface area contributed by atoms with Gasteiger partial charge in [0.15, 0.2) is 0 Å². The van der Waals surface area contributed by atoms with Gasteiger partial charge in [-0.1, -0.05) is 0 Å². The first-order valence-corrected chi connectivity index (χ1v) is 4.93. The fourth-order valence-electron chi connectivity index (χ4n) is 1.03. The predicted molar refractivity (Wildman–Crippen MR) is 58.4 cm³/mol. The molecular weight excluding hydrogens is 212 g/mol. The van der Waals surface area contributed by atoms with Crippen molar-refractivity contribution in [3.05, 3.63) is 0 Å². The van der Waals surface area contributed by atoms with Crippen molar-refractivity contribution in [3.8, 4) is 0 Å². The average Bonchev–Trinajstić information content (AvgIpc) is 2.09. The molecule has 0 saturated carbocycles. The molecule has 6 heteroatoms. The van der Waals surface area contributed by atoms with Crippen molar-refractivity contribution in [3.63, 3.8) is 0 Å². The van der Waals surface area contributed by atoms with Crippen LogP contribution in [0.25, 0.3) is 0 Å². The molecule has 0 radical (unpaired) electrons. The molecule has 0 aliphatic carbocycles. The zero-order valence-electron chi connectivity index (χ0n) is 9.74. The predicted octanol–water partition coefficient (Wildman–Crippen LogP) is 0.397. The van der Waals surface area contributed by atoms with Crippen LogP contribution in [0.15, 0.2) is 0 Å². The van der Waals surface area contributed by atoms with Crippen molar-refractivity contribution >= 4 is 17.7 Å². The molecule has 4 N–H and O–H groups in total. The summed E-state index contributed by atoms with van der Waals surface area (Å²) in [6.45, 7) is 5.05. The monoisotopic (exact) mass is 230 g/mol. The van der Waals surface area contributed by atoms with Crippen molar-refractivity contribution in [2.75, 3.05) is 6.54 Å². The lowest BCUT2D eigenvalue weighted by Crippen LogP contribution is -2.36. The summed E-state index contributed by atoms with van der Waals surface area (Å²) in [5.74, 6) is -3.34. The second kappa shape index (κ2) is 5.60. The van der Waals surface area contributed by atoms with Crippen LogP contribution in [0.4, 0.5) is 0 Å².